The number of carbonyl (C=O) groups is 2. The van der Waals surface area contributed by atoms with Crippen molar-refractivity contribution in [2.45, 2.75) is 65.6 Å². The van der Waals surface area contributed by atoms with E-state index in [0.29, 0.717) is 6.42 Å². The Labute approximate surface area is 130 Å². The molecule has 0 aliphatic heterocycles. The number of amides is 2. The van der Waals surface area contributed by atoms with Crippen molar-refractivity contribution in [2.75, 3.05) is 11.9 Å². The number of imide groups is 1. The van der Waals surface area contributed by atoms with Crippen molar-refractivity contribution in [3.05, 3.63) is 0 Å². The molecule has 0 saturated heterocycles. The minimum Gasteiger partial charge on any atom is -0.443 e. The van der Waals surface area contributed by atoms with Crippen LogP contribution in [0.25, 0.3) is 0 Å². The van der Waals surface area contributed by atoms with Gasteiger partial charge in [0.05, 0.1) is 0 Å². The van der Waals surface area contributed by atoms with Gasteiger partial charge in [0.15, 0.2) is 0 Å². The van der Waals surface area contributed by atoms with Gasteiger partial charge in [-0.15, -0.1) is 0 Å². The van der Waals surface area contributed by atoms with E-state index in [4.69, 9.17) is 9.47 Å². The lowest BCUT2D eigenvalue weighted by Gasteiger charge is -2.28. The Morgan fingerprint density at radius 2 is 1.30 bits per heavy atom. The van der Waals surface area contributed by atoms with Gasteiger partial charge < -0.3 is 9.47 Å². The molecule has 5 nitrogen and oxygen atoms in total. The number of unbranched alkanes of at least 4 members (excludes halogenated alkanes) is 1. The number of alkyl halides is 1. The van der Waals surface area contributed by atoms with Crippen LogP contribution in [-0.2, 0) is 9.47 Å². The van der Waals surface area contributed by atoms with Gasteiger partial charge in [-0.2, -0.15) is 0 Å². The molecule has 0 aromatic rings. The summed E-state index contributed by atoms with van der Waals surface area (Å²) >= 11 is 3.32. The molecule has 0 radical (unpaired) electrons. The number of carbonyl (C=O) groups excluding carboxylic acids is 2. The second-order valence-electron chi connectivity index (χ2n) is 6.51. The Kier molecular flexibility index (Phi) is 7.55. The van der Waals surface area contributed by atoms with Gasteiger partial charge >= 0.3 is 12.2 Å². The summed E-state index contributed by atoms with van der Waals surface area (Å²) in [7, 11) is 0. The van der Waals surface area contributed by atoms with Crippen LogP contribution >= 0.6 is 15.9 Å². The lowest BCUT2D eigenvalue weighted by molar-refractivity contribution is 0.00129. The molecule has 6 heteroatoms. The monoisotopic (exact) mass is 351 g/mol. The largest absolute Gasteiger partial charge is 0.443 e. The summed E-state index contributed by atoms with van der Waals surface area (Å²) in [6, 6.07) is 0. The topological polar surface area (TPSA) is 55.8 Å². The summed E-state index contributed by atoms with van der Waals surface area (Å²) in [5, 5.41) is 0.823. The molecule has 20 heavy (non-hydrogen) atoms. The van der Waals surface area contributed by atoms with E-state index < -0.39 is 23.4 Å². The Morgan fingerprint density at radius 1 is 0.900 bits per heavy atom. The lowest BCUT2D eigenvalue weighted by atomic mass is 10.2. The number of rotatable bonds is 4. The first kappa shape index (κ1) is 19.2. The minimum atomic E-state index is -0.665. The second kappa shape index (κ2) is 7.86. The van der Waals surface area contributed by atoms with E-state index in [-0.39, 0.29) is 6.54 Å². The molecule has 118 valence electrons. The first-order chi connectivity index (χ1) is 8.96. The van der Waals surface area contributed by atoms with Crippen molar-refractivity contribution >= 4 is 28.1 Å². The summed E-state index contributed by atoms with van der Waals surface area (Å²) in [6.45, 7) is 10.9. The third-order valence-corrected chi connectivity index (χ3v) is 2.55. The summed E-state index contributed by atoms with van der Waals surface area (Å²) in [5.74, 6) is 0. The molecule has 0 saturated carbocycles. The summed E-state index contributed by atoms with van der Waals surface area (Å²) < 4.78 is 10.5. The van der Waals surface area contributed by atoms with Crippen molar-refractivity contribution in [3.8, 4) is 0 Å². The average Bonchev–Trinajstić information content (AvgIpc) is 2.18. The van der Waals surface area contributed by atoms with Gasteiger partial charge in [0, 0.05) is 11.9 Å². The number of ether oxygens (including phenoxy) is 2. The Morgan fingerprint density at radius 3 is 1.60 bits per heavy atom. The van der Waals surface area contributed by atoms with Crippen LogP contribution in [0.5, 0.6) is 0 Å². The quantitative estimate of drug-likeness (QED) is 0.558. The fraction of sp³-hybridized carbons (Fsp3) is 0.857. The van der Waals surface area contributed by atoms with E-state index in [9.17, 15) is 9.59 Å². The van der Waals surface area contributed by atoms with Gasteiger partial charge in [0.1, 0.15) is 11.2 Å². The molecule has 0 atom stereocenters. The van der Waals surface area contributed by atoms with Gasteiger partial charge in [0.2, 0.25) is 0 Å². The normalized spacial score (nSPS) is 11.9. The SMILES string of the molecule is CC(C)(C)OC(=O)N(CCCCBr)C(=O)OC(C)(C)C. The zero-order valence-electron chi connectivity index (χ0n) is 13.3. The van der Waals surface area contributed by atoms with E-state index in [1.807, 2.05) is 0 Å². The molecule has 0 aromatic carbocycles. The molecule has 0 bridgehead atoms. The standard InChI is InChI=1S/C14H26BrNO4/c1-13(2,3)19-11(17)16(10-8-7-9-15)12(18)20-14(4,5)6/h7-10H2,1-6H3. The highest BCUT2D eigenvalue weighted by Gasteiger charge is 2.30. The molecular weight excluding hydrogens is 326 g/mol. The van der Waals surface area contributed by atoms with E-state index >= 15 is 0 Å². The van der Waals surface area contributed by atoms with Gasteiger partial charge in [-0.3, -0.25) is 0 Å². The van der Waals surface area contributed by atoms with Crippen LogP contribution in [0.3, 0.4) is 0 Å². The summed E-state index contributed by atoms with van der Waals surface area (Å²) in [6.07, 6.45) is 0.230. The molecule has 0 unspecified atom stereocenters. The molecule has 0 heterocycles. The molecule has 2 amide bonds. The Hall–Kier alpha value is -0.780. The summed E-state index contributed by atoms with van der Waals surface area (Å²) in [5.41, 5.74) is -1.29. The minimum absolute atomic E-state index is 0.287. The zero-order chi connectivity index (χ0) is 16.0. The third-order valence-electron chi connectivity index (χ3n) is 1.99. The van der Waals surface area contributed by atoms with Crippen LogP contribution in [0.15, 0.2) is 0 Å². The van der Waals surface area contributed by atoms with Gasteiger partial charge in [-0.25, -0.2) is 14.5 Å². The van der Waals surface area contributed by atoms with Gasteiger partial charge in [-0.05, 0) is 54.4 Å². The first-order valence-corrected chi connectivity index (χ1v) is 7.88. The molecule has 0 rings (SSSR count). The van der Waals surface area contributed by atoms with Crippen LogP contribution in [0.4, 0.5) is 9.59 Å². The van der Waals surface area contributed by atoms with Gasteiger partial charge in [0.25, 0.3) is 0 Å². The molecule has 0 N–H and O–H groups in total. The van der Waals surface area contributed by atoms with Crippen LogP contribution < -0.4 is 0 Å². The number of nitrogens with zero attached hydrogens (tertiary/aromatic N) is 1. The fourth-order valence-corrected chi connectivity index (χ4v) is 1.65. The van der Waals surface area contributed by atoms with E-state index in [1.165, 1.54) is 0 Å². The van der Waals surface area contributed by atoms with Crippen molar-refractivity contribution in [3.63, 3.8) is 0 Å². The molecule has 0 fully saturated rings. The number of hydrogen-bond donors (Lipinski definition) is 0. The third kappa shape index (κ3) is 9.18. The maximum Gasteiger partial charge on any atom is 0.419 e. The van der Waals surface area contributed by atoms with Gasteiger partial charge in [-0.1, -0.05) is 15.9 Å². The Balaban J connectivity index is 4.79. The van der Waals surface area contributed by atoms with Crippen LogP contribution in [-0.4, -0.2) is 40.2 Å². The molecule has 0 aliphatic rings. The summed E-state index contributed by atoms with van der Waals surface area (Å²) in [4.78, 5) is 25.2. The van der Waals surface area contributed by atoms with E-state index in [1.54, 1.807) is 41.5 Å². The van der Waals surface area contributed by atoms with Crippen molar-refractivity contribution in [2.24, 2.45) is 0 Å². The smallest absolute Gasteiger partial charge is 0.419 e. The maximum absolute atomic E-state index is 12.1. The predicted octanol–water partition coefficient (Wildman–Crippen LogP) is 4.33. The highest BCUT2D eigenvalue weighted by molar-refractivity contribution is 9.09. The highest BCUT2D eigenvalue weighted by atomic mass is 79.9. The van der Waals surface area contributed by atoms with Crippen molar-refractivity contribution < 1.29 is 19.1 Å². The van der Waals surface area contributed by atoms with Crippen LogP contribution in [0.2, 0.25) is 0 Å². The van der Waals surface area contributed by atoms with E-state index in [0.717, 1.165) is 16.7 Å². The van der Waals surface area contributed by atoms with Crippen LogP contribution in [0.1, 0.15) is 54.4 Å². The first-order valence-electron chi connectivity index (χ1n) is 6.76. The zero-order valence-corrected chi connectivity index (χ0v) is 14.9. The molecule has 0 aromatic heterocycles. The second-order valence-corrected chi connectivity index (χ2v) is 7.30. The number of halogens is 1. The average molecular weight is 352 g/mol. The lowest BCUT2D eigenvalue weighted by Crippen LogP contribution is -2.44. The fourth-order valence-electron chi connectivity index (χ4n) is 1.26. The van der Waals surface area contributed by atoms with Crippen molar-refractivity contribution in [1.29, 1.82) is 0 Å². The molecular formula is C14H26BrNO4. The predicted molar refractivity (Wildman–Crippen MR) is 82.2 cm³/mol. The van der Waals surface area contributed by atoms with Crippen molar-refractivity contribution in [1.82, 2.24) is 4.90 Å². The number of hydrogen-bond acceptors (Lipinski definition) is 4. The molecule has 0 aliphatic carbocycles. The van der Waals surface area contributed by atoms with Crippen LogP contribution in [0, 0.1) is 0 Å². The highest BCUT2D eigenvalue weighted by Crippen LogP contribution is 2.15. The Bertz CT molecular complexity index is 303. The van der Waals surface area contributed by atoms with E-state index in [2.05, 4.69) is 15.9 Å². The maximum atomic E-state index is 12.1. The molecule has 0 spiro atoms.